The fourth-order valence-electron chi connectivity index (χ4n) is 2.13. The molecule has 0 aromatic heterocycles. The molecule has 4 nitrogen and oxygen atoms in total. The molecule has 5 heteroatoms. The Balaban J connectivity index is 3.11. The molecule has 0 bridgehead atoms. The summed E-state index contributed by atoms with van der Waals surface area (Å²) >= 11 is -2.26. The van der Waals surface area contributed by atoms with Crippen LogP contribution in [0, 0.1) is 0 Å². The Morgan fingerprint density at radius 3 is 1.95 bits per heavy atom. The summed E-state index contributed by atoms with van der Waals surface area (Å²) in [4.78, 5) is 0. The first-order valence-corrected chi connectivity index (χ1v) is 8.75. The lowest BCUT2D eigenvalue weighted by molar-refractivity contribution is 0.164. The van der Waals surface area contributed by atoms with Crippen LogP contribution in [0.15, 0.2) is 0 Å². The number of aliphatic hydroxyl groups excluding tert-OH is 1. The van der Waals surface area contributed by atoms with Gasteiger partial charge in [-0.2, -0.15) is 0 Å². The summed E-state index contributed by atoms with van der Waals surface area (Å²) in [6.45, 7) is 2.37. The molecule has 2 unspecified atom stereocenters. The highest BCUT2D eigenvalue weighted by molar-refractivity contribution is 7.77. The van der Waals surface area contributed by atoms with Gasteiger partial charge in [0.15, 0.2) is 0 Å². The molecule has 0 aromatic rings. The predicted octanol–water partition coefficient (Wildman–Crippen LogP) is 3.04. The highest BCUT2D eigenvalue weighted by Gasteiger charge is 2.02. The molecule has 2 atom stereocenters. The Kier molecular flexibility index (Phi) is 14.5. The van der Waals surface area contributed by atoms with Gasteiger partial charge in [-0.25, -0.2) is 4.72 Å². The average molecular weight is 292 g/mol. The Labute approximate surface area is 120 Å². The summed E-state index contributed by atoms with van der Waals surface area (Å²) in [5.41, 5.74) is 0. The van der Waals surface area contributed by atoms with E-state index in [0.717, 1.165) is 12.8 Å². The Bertz CT molecular complexity index is 215. The molecule has 0 spiro atoms. The first kappa shape index (κ1) is 19.0. The van der Waals surface area contributed by atoms with Crippen molar-refractivity contribution in [3.63, 3.8) is 0 Å². The zero-order valence-corrected chi connectivity index (χ0v) is 13.1. The lowest BCUT2D eigenvalue weighted by Gasteiger charge is -2.12. The smallest absolute Gasteiger partial charge is 0.0674 e. The standard InChI is InChI=1S/C14H31NO3S/c1-2-3-4-5-6-7-8-9-10-11-12-14(16)13-15-19(17)18/h14-16H,2-13H2,1H3,(H,17,18)/p-1. The topological polar surface area (TPSA) is 72.4 Å². The molecule has 0 aliphatic heterocycles. The summed E-state index contributed by atoms with van der Waals surface area (Å²) in [6.07, 6.45) is 12.8. The van der Waals surface area contributed by atoms with Crippen molar-refractivity contribution < 1.29 is 13.9 Å². The van der Waals surface area contributed by atoms with Crippen molar-refractivity contribution in [1.82, 2.24) is 4.72 Å². The maximum atomic E-state index is 10.2. The molecular weight excluding hydrogens is 262 g/mol. The van der Waals surface area contributed by atoms with E-state index < -0.39 is 17.4 Å². The van der Waals surface area contributed by atoms with E-state index in [1.54, 1.807) is 0 Å². The van der Waals surface area contributed by atoms with Gasteiger partial charge in [0.2, 0.25) is 0 Å². The monoisotopic (exact) mass is 292 g/mol. The van der Waals surface area contributed by atoms with Gasteiger partial charge in [0.05, 0.1) is 6.10 Å². The number of hydrogen-bond donors (Lipinski definition) is 2. The van der Waals surface area contributed by atoms with Crippen LogP contribution in [-0.2, 0) is 11.3 Å². The summed E-state index contributed by atoms with van der Waals surface area (Å²) in [7, 11) is 0. The fraction of sp³-hybridized carbons (Fsp3) is 1.00. The Morgan fingerprint density at radius 1 is 1.00 bits per heavy atom. The zero-order valence-electron chi connectivity index (χ0n) is 12.2. The van der Waals surface area contributed by atoms with Crippen molar-refractivity contribution >= 4 is 11.3 Å². The van der Waals surface area contributed by atoms with Gasteiger partial charge in [0.25, 0.3) is 0 Å². The average Bonchev–Trinajstić information content (AvgIpc) is 2.38. The van der Waals surface area contributed by atoms with E-state index >= 15 is 0 Å². The van der Waals surface area contributed by atoms with Gasteiger partial charge in [-0.3, -0.25) is 4.21 Å². The number of hydrogen-bond acceptors (Lipinski definition) is 3. The Morgan fingerprint density at radius 2 is 1.47 bits per heavy atom. The lowest BCUT2D eigenvalue weighted by Crippen LogP contribution is -2.28. The molecule has 0 aliphatic carbocycles. The summed E-state index contributed by atoms with van der Waals surface area (Å²) in [6, 6.07) is 0. The third-order valence-corrected chi connectivity index (χ3v) is 3.73. The molecule has 19 heavy (non-hydrogen) atoms. The molecule has 0 aliphatic rings. The number of aliphatic hydroxyl groups is 1. The highest BCUT2D eigenvalue weighted by atomic mass is 32.2. The van der Waals surface area contributed by atoms with Crippen LogP contribution in [-0.4, -0.2) is 26.5 Å². The van der Waals surface area contributed by atoms with Crippen molar-refractivity contribution in [3.05, 3.63) is 0 Å². The lowest BCUT2D eigenvalue weighted by atomic mass is 10.0. The summed E-state index contributed by atoms with van der Waals surface area (Å²) in [5, 5.41) is 9.49. The van der Waals surface area contributed by atoms with Crippen molar-refractivity contribution in [2.45, 2.75) is 83.7 Å². The maximum absolute atomic E-state index is 10.2. The predicted molar refractivity (Wildman–Crippen MR) is 79.4 cm³/mol. The van der Waals surface area contributed by atoms with Crippen molar-refractivity contribution in [1.29, 1.82) is 0 Å². The third kappa shape index (κ3) is 16.0. The van der Waals surface area contributed by atoms with Gasteiger partial charge < -0.3 is 9.66 Å². The normalized spacial score (nSPS) is 14.5. The molecular formula is C14H30NO3S-. The minimum absolute atomic E-state index is 0.132. The van der Waals surface area contributed by atoms with Crippen LogP contribution >= 0.6 is 0 Å². The van der Waals surface area contributed by atoms with Gasteiger partial charge in [-0.1, -0.05) is 71.1 Å². The van der Waals surface area contributed by atoms with E-state index in [9.17, 15) is 13.9 Å². The van der Waals surface area contributed by atoms with Crippen molar-refractivity contribution in [2.24, 2.45) is 0 Å². The van der Waals surface area contributed by atoms with Crippen LogP contribution in [0.3, 0.4) is 0 Å². The van der Waals surface area contributed by atoms with E-state index in [-0.39, 0.29) is 6.54 Å². The highest BCUT2D eigenvalue weighted by Crippen LogP contribution is 2.11. The molecule has 0 saturated carbocycles. The van der Waals surface area contributed by atoms with Gasteiger partial charge in [-0.15, -0.1) is 0 Å². The molecule has 0 fully saturated rings. The molecule has 0 heterocycles. The van der Waals surface area contributed by atoms with E-state index in [1.165, 1.54) is 51.4 Å². The minimum Gasteiger partial charge on any atom is -0.760 e. The first-order valence-electron chi connectivity index (χ1n) is 7.67. The second kappa shape index (κ2) is 14.4. The van der Waals surface area contributed by atoms with Crippen LogP contribution in [0.4, 0.5) is 0 Å². The quantitative estimate of drug-likeness (QED) is 0.382. The number of nitrogens with one attached hydrogen (secondary N) is 1. The SMILES string of the molecule is CCCCCCCCCCCCC(O)CNS(=O)[O-]. The molecule has 0 rings (SSSR count). The van der Waals surface area contributed by atoms with E-state index in [0.29, 0.717) is 6.42 Å². The minimum atomic E-state index is -2.26. The Hall–Kier alpha value is 0.0300. The molecule has 0 amide bonds. The van der Waals surface area contributed by atoms with Crippen LogP contribution in [0.5, 0.6) is 0 Å². The second-order valence-electron chi connectivity index (χ2n) is 5.21. The van der Waals surface area contributed by atoms with E-state index in [1.807, 2.05) is 0 Å². The van der Waals surface area contributed by atoms with Crippen LogP contribution in [0.1, 0.15) is 77.6 Å². The van der Waals surface area contributed by atoms with Gasteiger partial charge in [0.1, 0.15) is 0 Å². The largest absolute Gasteiger partial charge is 0.760 e. The van der Waals surface area contributed by atoms with E-state index in [2.05, 4.69) is 11.6 Å². The van der Waals surface area contributed by atoms with E-state index in [4.69, 9.17) is 0 Å². The number of unbranched alkanes of at least 4 members (excludes halogenated alkanes) is 9. The second-order valence-corrected chi connectivity index (χ2v) is 5.97. The van der Waals surface area contributed by atoms with Crippen molar-refractivity contribution in [2.75, 3.05) is 6.54 Å². The fourth-order valence-corrected chi connectivity index (χ4v) is 2.46. The molecule has 0 aromatic carbocycles. The van der Waals surface area contributed by atoms with Gasteiger partial charge >= 0.3 is 0 Å². The summed E-state index contributed by atoms with van der Waals surface area (Å²) < 4.78 is 22.6. The summed E-state index contributed by atoms with van der Waals surface area (Å²) in [5.74, 6) is 0. The van der Waals surface area contributed by atoms with Gasteiger partial charge in [-0.05, 0) is 6.42 Å². The van der Waals surface area contributed by atoms with Crippen LogP contribution in [0.25, 0.3) is 0 Å². The molecule has 2 N–H and O–H groups in total. The number of rotatable bonds is 14. The zero-order chi connectivity index (χ0) is 14.3. The van der Waals surface area contributed by atoms with Crippen LogP contribution in [0.2, 0.25) is 0 Å². The van der Waals surface area contributed by atoms with Crippen LogP contribution < -0.4 is 4.72 Å². The first-order chi connectivity index (χ1) is 9.16. The van der Waals surface area contributed by atoms with Crippen molar-refractivity contribution in [3.8, 4) is 0 Å². The van der Waals surface area contributed by atoms with Gasteiger partial charge in [0, 0.05) is 17.8 Å². The maximum Gasteiger partial charge on any atom is 0.0674 e. The molecule has 0 saturated heterocycles. The molecule has 0 radical (unpaired) electrons. The molecule has 116 valence electrons. The third-order valence-electron chi connectivity index (χ3n) is 3.33.